The Hall–Kier alpha value is -1.10. The average Bonchev–Trinajstić information content (AvgIpc) is 2.36. The quantitative estimate of drug-likeness (QED) is 0.713. The topological polar surface area (TPSA) is 12.0 Å². The molecule has 1 N–H and O–H groups in total. The number of aryl methyl sites for hydroxylation is 1. The van der Waals surface area contributed by atoms with E-state index in [4.69, 9.17) is 0 Å². The minimum Gasteiger partial charge on any atom is -0.314 e. The number of benzene rings is 1. The fourth-order valence-electron chi connectivity index (χ4n) is 2.27. The molecule has 0 fully saturated rings. The van der Waals surface area contributed by atoms with Crippen LogP contribution >= 0.6 is 0 Å². The molecule has 0 heterocycles. The first kappa shape index (κ1) is 18.0. The molecule has 0 radical (unpaired) electrons. The van der Waals surface area contributed by atoms with E-state index in [-0.39, 0.29) is 6.04 Å². The second-order valence-electron chi connectivity index (χ2n) is 5.66. The molecule has 0 aliphatic heterocycles. The Morgan fingerprint density at radius 3 is 2.33 bits per heavy atom. The number of alkyl halides is 3. The zero-order valence-electron chi connectivity index (χ0n) is 12.7. The summed E-state index contributed by atoms with van der Waals surface area (Å²) >= 11 is 0. The van der Waals surface area contributed by atoms with E-state index in [9.17, 15) is 17.6 Å². The molecule has 0 aliphatic carbocycles. The van der Waals surface area contributed by atoms with Gasteiger partial charge in [-0.3, -0.25) is 0 Å². The third-order valence-electron chi connectivity index (χ3n) is 3.54. The first-order chi connectivity index (χ1) is 9.75. The molecule has 1 nitrogen and oxygen atoms in total. The standard InChI is InChI=1S/C16H23F4N/c1-4-9-21-15(11(2)3)8-6-12-5-7-13(14(17)10-12)16(18,19)20/h5,7,10-11,15,21H,4,6,8-9H2,1-3H3. The molecule has 1 aromatic rings. The van der Waals surface area contributed by atoms with Crippen molar-refractivity contribution in [1.82, 2.24) is 5.32 Å². The third kappa shape index (κ3) is 5.65. The molecule has 0 amide bonds. The molecule has 0 aromatic heterocycles. The van der Waals surface area contributed by atoms with E-state index >= 15 is 0 Å². The molecule has 1 atom stereocenters. The van der Waals surface area contributed by atoms with Crippen LogP contribution in [0.4, 0.5) is 17.6 Å². The molecule has 21 heavy (non-hydrogen) atoms. The van der Waals surface area contributed by atoms with E-state index in [1.807, 2.05) is 0 Å². The number of nitrogens with one attached hydrogen (secondary N) is 1. The van der Waals surface area contributed by atoms with Gasteiger partial charge in [0.05, 0.1) is 5.56 Å². The third-order valence-corrected chi connectivity index (χ3v) is 3.54. The molecule has 120 valence electrons. The smallest absolute Gasteiger partial charge is 0.314 e. The lowest BCUT2D eigenvalue weighted by Crippen LogP contribution is -2.34. The Labute approximate surface area is 123 Å². The van der Waals surface area contributed by atoms with Crippen molar-refractivity contribution in [3.8, 4) is 0 Å². The summed E-state index contributed by atoms with van der Waals surface area (Å²) in [4.78, 5) is 0. The predicted octanol–water partition coefficient (Wildman–Crippen LogP) is 4.80. The van der Waals surface area contributed by atoms with Gasteiger partial charge in [-0.15, -0.1) is 0 Å². The molecule has 0 aliphatic rings. The maximum Gasteiger partial charge on any atom is 0.419 e. The summed E-state index contributed by atoms with van der Waals surface area (Å²) in [5.74, 6) is -0.765. The summed E-state index contributed by atoms with van der Waals surface area (Å²) in [6.07, 6.45) is -2.26. The van der Waals surface area contributed by atoms with Crippen LogP contribution in [0.2, 0.25) is 0 Å². The van der Waals surface area contributed by atoms with E-state index in [0.717, 1.165) is 31.5 Å². The molecule has 1 unspecified atom stereocenters. The van der Waals surface area contributed by atoms with Gasteiger partial charge in [0.1, 0.15) is 5.82 Å². The lowest BCUT2D eigenvalue weighted by Gasteiger charge is -2.22. The molecule has 0 saturated heterocycles. The number of hydrogen-bond acceptors (Lipinski definition) is 1. The van der Waals surface area contributed by atoms with Crippen LogP contribution in [-0.2, 0) is 12.6 Å². The van der Waals surface area contributed by atoms with Gasteiger partial charge in [-0.1, -0.05) is 26.8 Å². The van der Waals surface area contributed by atoms with Crippen molar-refractivity contribution in [1.29, 1.82) is 0 Å². The zero-order chi connectivity index (χ0) is 16.0. The van der Waals surface area contributed by atoms with Gasteiger partial charge in [0.15, 0.2) is 0 Å². The van der Waals surface area contributed by atoms with E-state index in [0.29, 0.717) is 17.9 Å². The molecule has 0 spiro atoms. The van der Waals surface area contributed by atoms with Gasteiger partial charge in [0, 0.05) is 6.04 Å². The van der Waals surface area contributed by atoms with Crippen molar-refractivity contribution in [2.45, 2.75) is 52.3 Å². The van der Waals surface area contributed by atoms with Crippen molar-refractivity contribution < 1.29 is 17.6 Å². The van der Waals surface area contributed by atoms with E-state index in [2.05, 4.69) is 26.1 Å². The maximum absolute atomic E-state index is 13.5. The van der Waals surface area contributed by atoms with Crippen molar-refractivity contribution in [3.63, 3.8) is 0 Å². The van der Waals surface area contributed by atoms with Crippen molar-refractivity contribution in [2.24, 2.45) is 5.92 Å². The first-order valence-electron chi connectivity index (χ1n) is 7.34. The molecule has 1 rings (SSSR count). The first-order valence-corrected chi connectivity index (χ1v) is 7.34. The highest BCUT2D eigenvalue weighted by Crippen LogP contribution is 2.31. The number of hydrogen-bond donors (Lipinski definition) is 1. The van der Waals surface area contributed by atoms with E-state index in [1.165, 1.54) is 6.07 Å². The van der Waals surface area contributed by atoms with E-state index < -0.39 is 17.6 Å². The molecular weight excluding hydrogens is 282 g/mol. The summed E-state index contributed by atoms with van der Waals surface area (Å²) in [5.41, 5.74) is -0.597. The van der Waals surface area contributed by atoms with Gasteiger partial charge in [-0.05, 0) is 49.4 Å². The fourth-order valence-corrected chi connectivity index (χ4v) is 2.27. The monoisotopic (exact) mass is 305 g/mol. The summed E-state index contributed by atoms with van der Waals surface area (Å²) in [7, 11) is 0. The number of halogens is 4. The predicted molar refractivity (Wildman–Crippen MR) is 76.6 cm³/mol. The second-order valence-corrected chi connectivity index (χ2v) is 5.66. The van der Waals surface area contributed by atoms with Crippen LogP contribution in [0.25, 0.3) is 0 Å². The van der Waals surface area contributed by atoms with Crippen LogP contribution in [0.1, 0.15) is 44.7 Å². The lowest BCUT2D eigenvalue weighted by atomic mass is 9.96. The van der Waals surface area contributed by atoms with Gasteiger partial charge < -0.3 is 5.32 Å². The highest BCUT2D eigenvalue weighted by Gasteiger charge is 2.33. The highest BCUT2D eigenvalue weighted by atomic mass is 19.4. The molecular formula is C16H23F4N. The van der Waals surface area contributed by atoms with Crippen molar-refractivity contribution in [2.75, 3.05) is 6.54 Å². The lowest BCUT2D eigenvalue weighted by molar-refractivity contribution is -0.140. The minimum atomic E-state index is -4.63. The average molecular weight is 305 g/mol. The van der Waals surface area contributed by atoms with Crippen molar-refractivity contribution >= 4 is 0 Å². The van der Waals surface area contributed by atoms with Crippen LogP contribution in [0.15, 0.2) is 18.2 Å². The van der Waals surface area contributed by atoms with Gasteiger partial charge in [-0.25, -0.2) is 4.39 Å². The van der Waals surface area contributed by atoms with Gasteiger partial charge in [-0.2, -0.15) is 13.2 Å². The SMILES string of the molecule is CCCNC(CCc1ccc(C(F)(F)F)c(F)c1)C(C)C. The Balaban J connectivity index is 2.69. The van der Waals surface area contributed by atoms with Gasteiger partial charge >= 0.3 is 6.18 Å². The van der Waals surface area contributed by atoms with Gasteiger partial charge in [0.2, 0.25) is 0 Å². The van der Waals surface area contributed by atoms with Gasteiger partial charge in [0.25, 0.3) is 0 Å². The molecule has 5 heteroatoms. The number of rotatable bonds is 7. The fraction of sp³-hybridized carbons (Fsp3) is 0.625. The summed E-state index contributed by atoms with van der Waals surface area (Å²) in [6.45, 7) is 7.18. The highest BCUT2D eigenvalue weighted by molar-refractivity contribution is 5.26. The summed E-state index contributed by atoms with van der Waals surface area (Å²) in [5, 5.41) is 3.42. The minimum absolute atomic E-state index is 0.287. The maximum atomic E-state index is 13.5. The molecule has 0 bridgehead atoms. The van der Waals surface area contributed by atoms with Crippen LogP contribution < -0.4 is 5.32 Å². The molecule has 1 aromatic carbocycles. The van der Waals surface area contributed by atoms with Crippen LogP contribution in [0.3, 0.4) is 0 Å². The Kier molecular flexibility index (Phi) is 6.65. The van der Waals surface area contributed by atoms with Crippen LogP contribution in [0, 0.1) is 11.7 Å². The Bertz CT molecular complexity index is 440. The Morgan fingerprint density at radius 2 is 1.86 bits per heavy atom. The van der Waals surface area contributed by atoms with Crippen LogP contribution in [0.5, 0.6) is 0 Å². The second kappa shape index (κ2) is 7.78. The summed E-state index contributed by atoms with van der Waals surface area (Å²) in [6, 6.07) is 3.48. The van der Waals surface area contributed by atoms with E-state index in [1.54, 1.807) is 0 Å². The largest absolute Gasteiger partial charge is 0.419 e. The normalized spacial score (nSPS) is 13.7. The van der Waals surface area contributed by atoms with Crippen LogP contribution in [-0.4, -0.2) is 12.6 Å². The summed E-state index contributed by atoms with van der Waals surface area (Å²) < 4.78 is 51.0. The zero-order valence-corrected chi connectivity index (χ0v) is 12.7. The van der Waals surface area contributed by atoms with Crippen molar-refractivity contribution in [3.05, 3.63) is 35.1 Å². The molecule has 0 saturated carbocycles. The Morgan fingerprint density at radius 1 is 1.19 bits per heavy atom.